The Morgan fingerprint density at radius 3 is 2.81 bits per heavy atom. The molecule has 1 aliphatic carbocycles. The van der Waals surface area contributed by atoms with Gasteiger partial charge in [-0.05, 0) is 38.5 Å². The molecule has 2 aliphatic rings. The predicted molar refractivity (Wildman–Crippen MR) is 64.5 cm³/mol. The summed E-state index contributed by atoms with van der Waals surface area (Å²) in [6.45, 7) is 3.65. The lowest BCUT2D eigenvalue weighted by Gasteiger charge is -2.27. The van der Waals surface area contributed by atoms with Crippen molar-refractivity contribution in [3.05, 3.63) is 0 Å². The van der Waals surface area contributed by atoms with Gasteiger partial charge < -0.3 is 15.8 Å². The lowest BCUT2D eigenvalue weighted by atomic mass is 9.96. The molecule has 1 aliphatic heterocycles. The number of hydrogen-bond donors (Lipinski definition) is 2. The Bertz CT molecular complexity index is 256. The van der Waals surface area contributed by atoms with Crippen molar-refractivity contribution in [3.8, 4) is 0 Å². The van der Waals surface area contributed by atoms with Gasteiger partial charge in [-0.2, -0.15) is 0 Å². The molecule has 2 atom stereocenters. The van der Waals surface area contributed by atoms with E-state index in [0.717, 1.165) is 38.8 Å². The van der Waals surface area contributed by atoms with E-state index in [-0.39, 0.29) is 18.3 Å². The van der Waals surface area contributed by atoms with E-state index in [4.69, 9.17) is 10.5 Å². The molecule has 5 heteroatoms. The molecule has 0 aromatic rings. The molecule has 1 heterocycles. The second-order valence-corrected chi connectivity index (χ2v) is 4.94. The van der Waals surface area contributed by atoms with Gasteiger partial charge in [0.05, 0.1) is 11.6 Å². The topological polar surface area (TPSA) is 64.4 Å². The summed E-state index contributed by atoms with van der Waals surface area (Å²) in [7, 11) is 0. The van der Waals surface area contributed by atoms with Crippen LogP contribution in [-0.2, 0) is 9.53 Å². The first kappa shape index (κ1) is 13.7. The van der Waals surface area contributed by atoms with Gasteiger partial charge in [0.2, 0.25) is 5.91 Å². The second kappa shape index (κ2) is 5.34. The molecule has 0 spiro atoms. The smallest absolute Gasteiger partial charge is 0.240 e. The molecule has 0 aromatic carbocycles. The quantitative estimate of drug-likeness (QED) is 0.778. The van der Waals surface area contributed by atoms with E-state index in [2.05, 4.69) is 12.2 Å². The van der Waals surface area contributed by atoms with Crippen LogP contribution in [0.15, 0.2) is 0 Å². The van der Waals surface area contributed by atoms with Crippen molar-refractivity contribution in [2.24, 2.45) is 11.7 Å². The Labute approximate surface area is 103 Å². The maximum absolute atomic E-state index is 11.6. The molecule has 1 saturated heterocycles. The number of ether oxygens (including phenoxy) is 1. The van der Waals surface area contributed by atoms with Gasteiger partial charge in [-0.3, -0.25) is 4.79 Å². The molecule has 2 fully saturated rings. The number of hydrogen-bond acceptors (Lipinski definition) is 3. The van der Waals surface area contributed by atoms with Crippen molar-refractivity contribution in [1.29, 1.82) is 0 Å². The second-order valence-electron chi connectivity index (χ2n) is 4.94. The number of rotatable bonds is 3. The van der Waals surface area contributed by atoms with E-state index in [9.17, 15) is 4.79 Å². The third-order valence-electron chi connectivity index (χ3n) is 3.39. The Hall–Kier alpha value is -0.320. The summed E-state index contributed by atoms with van der Waals surface area (Å²) >= 11 is 0. The largest absolute Gasteiger partial charge is 0.378 e. The minimum absolute atomic E-state index is 0. The van der Waals surface area contributed by atoms with Crippen molar-refractivity contribution in [3.63, 3.8) is 0 Å². The molecule has 1 amide bonds. The summed E-state index contributed by atoms with van der Waals surface area (Å²) in [5.41, 5.74) is 5.27. The average molecular weight is 249 g/mol. The van der Waals surface area contributed by atoms with Crippen LogP contribution in [0.4, 0.5) is 0 Å². The van der Waals surface area contributed by atoms with Crippen LogP contribution in [-0.4, -0.2) is 30.7 Å². The predicted octanol–water partition coefficient (Wildman–Crippen LogP) is 0.831. The Kier molecular flexibility index (Phi) is 4.59. The fourth-order valence-corrected chi connectivity index (χ4v) is 2.05. The normalized spacial score (nSPS) is 31.4. The molecule has 0 aromatic heterocycles. The van der Waals surface area contributed by atoms with Gasteiger partial charge in [0.25, 0.3) is 0 Å². The summed E-state index contributed by atoms with van der Waals surface area (Å²) < 4.78 is 5.46. The highest BCUT2D eigenvalue weighted by molar-refractivity contribution is 5.88. The van der Waals surface area contributed by atoms with Crippen molar-refractivity contribution in [1.82, 2.24) is 5.32 Å². The maximum Gasteiger partial charge on any atom is 0.240 e. The Balaban J connectivity index is 0.00000128. The number of nitrogens with one attached hydrogen (secondary N) is 1. The first-order valence-corrected chi connectivity index (χ1v) is 5.79. The third kappa shape index (κ3) is 3.34. The highest BCUT2D eigenvalue weighted by Crippen LogP contribution is 2.32. The maximum atomic E-state index is 11.6. The summed E-state index contributed by atoms with van der Waals surface area (Å²) in [5, 5.41) is 2.96. The van der Waals surface area contributed by atoms with Gasteiger partial charge in [0, 0.05) is 13.2 Å². The zero-order valence-corrected chi connectivity index (χ0v) is 10.5. The summed E-state index contributed by atoms with van der Waals surface area (Å²) in [4.78, 5) is 11.6. The lowest BCUT2D eigenvalue weighted by Crippen LogP contribution is -2.45. The number of nitrogens with two attached hydrogens (primary N) is 1. The van der Waals surface area contributed by atoms with E-state index >= 15 is 0 Å². The van der Waals surface area contributed by atoms with Gasteiger partial charge in [-0.1, -0.05) is 0 Å². The number of carbonyl (C=O) groups is 1. The van der Waals surface area contributed by atoms with Crippen LogP contribution < -0.4 is 11.1 Å². The molecule has 94 valence electrons. The molecule has 3 N–H and O–H groups in total. The van der Waals surface area contributed by atoms with Crippen LogP contribution in [0.3, 0.4) is 0 Å². The molecule has 2 unspecified atom stereocenters. The Morgan fingerprint density at radius 2 is 2.25 bits per heavy atom. The van der Waals surface area contributed by atoms with Crippen molar-refractivity contribution >= 4 is 18.3 Å². The zero-order valence-electron chi connectivity index (χ0n) is 9.70. The minimum Gasteiger partial charge on any atom is -0.378 e. The van der Waals surface area contributed by atoms with Gasteiger partial charge >= 0.3 is 0 Å². The summed E-state index contributed by atoms with van der Waals surface area (Å²) in [5.74, 6) is 0.585. The molecule has 2 rings (SSSR count). The van der Waals surface area contributed by atoms with Crippen LogP contribution >= 0.6 is 12.4 Å². The molecular weight excluding hydrogens is 228 g/mol. The van der Waals surface area contributed by atoms with Gasteiger partial charge in [-0.15, -0.1) is 12.4 Å². The van der Waals surface area contributed by atoms with Crippen molar-refractivity contribution < 1.29 is 9.53 Å². The van der Waals surface area contributed by atoms with Crippen LogP contribution in [0, 0.1) is 5.92 Å². The molecule has 16 heavy (non-hydrogen) atoms. The van der Waals surface area contributed by atoms with E-state index in [1.165, 1.54) is 0 Å². The van der Waals surface area contributed by atoms with Crippen LogP contribution in [0.2, 0.25) is 0 Å². The van der Waals surface area contributed by atoms with Crippen molar-refractivity contribution in [2.75, 3.05) is 13.2 Å². The fourth-order valence-electron chi connectivity index (χ4n) is 2.05. The van der Waals surface area contributed by atoms with E-state index in [1.54, 1.807) is 0 Å². The number of halogens is 1. The SMILES string of the molecule is CC1CC(CNC(=O)C2(N)CC2)CCO1.Cl. The van der Waals surface area contributed by atoms with Crippen molar-refractivity contribution in [2.45, 2.75) is 44.2 Å². The summed E-state index contributed by atoms with van der Waals surface area (Å²) in [6.07, 6.45) is 4.08. The molecule has 0 radical (unpaired) electrons. The minimum atomic E-state index is -0.531. The number of amides is 1. The van der Waals surface area contributed by atoms with Gasteiger partial charge in [0.1, 0.15) is 0 Å². The zero-order chi connectivity index (χ0) is 10.9. The first-order chi connectivity index (χ1) is 7.10. The third-order valence-corrected chi connectivity index (χ3v) is 3.39. The molecular formula is C11H21ClN2O2. The monoisotopic (exact) mass is 248 g/mol. The average Bonchev–Trinajstić information content (AvgIpc) is 2.94. The first-order valence-electron chi connectivity index (χ1n) is 5.79. The lowest BCUT2D eigenvalue weighted by molar-refractivity contribution is -0.123. The highest BCUT2D eigenvalue weighted by Gasteiger charge is 2.45. The van der Waals surface area contributed by atoms with E-state index < -0.39 is 5.54 Å². The van der Waals surface area contributed by atoms with Crippen LogP contribution in [0.5, 0.6) is 0 Å². The van der Waals surface area contributed by atoms with Gasteiger partial charge in [-0.25, -0.2) is 0 Å². The van der Waals surface area contributed by atoms with Crippen LogP contribution in [0.1, 0.15) is 32.6 Å². The molecule has 1 saturated carbocycles. The fraction of sp³-hybridized carbons (Fsp3) is 0.909. The summed E-state index contributed by atoms with van der Waals surface area (Å²) in [6, 6.07) is 0. The standard InChI is InChI=1S/C11H20N2O2.ClH/c1-8-6-9(2-5-15-8)7-13-10(14)11(12)3-4-11;/h8-9H,2-7,12H2,1H3,(H,13,14);1H. The van der Waals surface area contributed by atoms with Gasteiger partial charge in [0.15, 0.2) is 0 Å². The molecule has 0 bridgehead atoms. The molecule has 4 nitrogen and oxygen atoms in total. The Morgan fingerprint density at radius 1 is 1.56 bits per heavy atom. The van der Waals surface area contributed by atoms with E-state index in [1.807, 2.05) is 0 Å². The van der Waals surface area contributed by atoms with Crippen LogP contribution in [0.25, 0.3) is 0 Å². The highest BCUT2D eigenvalue weighted by atomic mass is 35.5. The number of carbonyl (C=O) groups excluding carboxylic acids is 1. The van der Waals surface area contributed by atoms with E-state index in [0.29, 0.717) is 12.0 Å².